The van der Waals surface area contributed by atoms with Gasteiger partial charge in [-0.05, 0) is 61.2 Å². The summed E-state index contributed by atoms with van der Waals surface area (Å²) in [4.78, 5) is 11.9. The Balaban J connectivity index is 1.55. The molecule has 0 aliphatic carbocycles. The third-order valence-corrected chi connectivity index (χ3v) is 7.28. The van der Waals surface area contributed by atoms with Crippen LogP contribution in [0.1, 0.15) is 29.5 Å². The summed E-state index contributed by atoms with van der Waals surface area (Å²) in [6.07, 6.45) is -2.83. The molecule has 0 atom stereocenters. The highest BCUT2D eigenvalue weighted by molar-refractivity contribution is 7.89. The topological polar surface area (TPSA) is 108 Å². The van der Waals surface area contributed by atoms with Crippen LogP contribution in [0.25, 0.3) is 0 Å². The van der Waals surface area contributed by atoms with E-state index in [1.807, 2.05) is 12.1 Å². The van der Waals surface area contributed by atoms with Gasteiger partial charge < -0.3 is 9.47 Å². The number of nitrogens with one attached hydrogen (secondary N) is 1. The Morgan fingerprint density at radius 2 is 1.74 bits per heavy atom. The number of sulfonamides is 1. The third-order valence-electron chi connectivity index (χ3n) is 5.77. The molecular weight excluding hydrogens is 491 g/mol. The van der Waals surface area contributed by atoms with E-state index in [2.05, 4.69) is 9.62 Å². The van der Waals surface area contributed by atoms with Gasteiger partial charge in [-0.2, -0.15) is 13.2 Å². The molecule has 0 amide bonds. The van der Waals surface area contributed by atoms with E-state index < -0.39 is 37.3 Å². The van der Waals surface area contributed by atoms with Crippen molar-refractivity contribution in [3.8, 4) is 11.5 Å². The van der Waals surface area contributed by atoms with E-state index in [1.165, 1.54) is 5.56 Å². The Kier molecular flexibility index (Phi) is 8.23. The van der Waals surface area contributed by atoms with Crippen LogP contribution in [-0.4, -0.2) is 57.3 Å². The zero-order valence-corrected chi connectivity index (χ0v) is 20.1. The molecule has 13 heteroatoms. The molecule has 0 spiro atoms. The first-order chi connectivity index (χ1) is 16.5. The molecule has 9 nitrogen and oxygen atoms in total. The van der Waals surface area contributed by atoms with Crippen LogP contribution in [0.3, 0.4) is 0 Å². The fourth-order valence-electron chi connectivity index (χ4n) is 3.95. The normalized spacial score (nSPS) is 14.4. The molecule has 0 fully saturated rings. The summed E-state index contributed by atoms with van der Waals surface area (Å²) >= 11 is 0. The molecule has 1 aliphatic rings. The van der Waals surface area contributed by atoms with Gasteiger partial charge >= 0.3 is 11.9 Å². The summed E-state index contributed by atoms with van der Waals surface area (Å²) in [6, 6.07) is 5.42. The van der Waals surface area contributed by atoms with Crippen LogP contribution in [0.4, 0.5) is 18.9 Å². The number of hydrogen-bond donors (Lipinski definition) is 2. The minimum Gasteiger partial charge on any atom is -0.493 e. The maximum atomic E-state index is 12.9. The number of benzene rings is 2. The number of hydrogen-bond acceptors (Lipinski definition) is 6. The Hall–Kier alpha value is -2.90. The molecule has 2 aromatic carbocycles. The van der Waals surface area contributed by atoms with Gasteiger partial charge in [-0.1, -0.05) is 0 Å². The standard InChI is InChI=1S/C22H27F3N3O6S/c1-33-19-11-15-7-10-27(14-16(15)12-20(19)34-2)9-4-3-8-26-35(31,32)21-6-5-17(22(23,24)25)13-18(21)28(29)30/h5-6,11-13,26H,3-4,7-10,14H2,1-2H3,(H,29,30)/q+1. The van der Waals surface area contributed by atoms with Crippen LogP contribution in [0, 0.1) is 4.91 Å². The number of alkyl halides is 3. The molecule has 2 aromatic rings. The number of rotatable bonds is 10. The SMILES string of the molecule is COc1cc2c(cc1OC)CN(CCCCNS(=O)(=O)c1ccc(C(F)(F)F)cc1[N+](=O)O)CC2. The summed E-state index contributed by atoms with van der Waals surface area (Å²) in [6.45, 7) is 2.28. The van der Waals surface area contributed by atoms with E-state index in [4.69, 9.17) is 14.7 Å². The Morgan fingerprint density at radius 1 is 1.09 bits per heavy atom. The first-order valence-electron chi connectivity index (χ1n) is 10.8. The van der Waals surface area contributed by atoms with E-state index in [0.717, 1.165) is 18.5 Å². The first-order valence-corrected chi connectivity index (χ1v) is 12.3. The molecule has 0 bridgehead atoms. The van der Waals surface area contributed by atoms with Gasteiger partial charge in [0.05, 0.1) is 24.7 Å². The minimum absolute atomic E-state index is 0.0164. The monoisotopic (exact) mass is 518 g/mol. The maximum Gasteiger partial charge on any atom is 0.416 e. The number of methoxy groups -OCH3 is 2. The number of halogens is 3. The summed E-state index contributed by atoms with van der Waals surface area (Å²) in [7, 11) is -1.15. The lowest BCUT2D eigenvalue weighted by molar-refractivity contribution is -0.731. The number of unbranched alkanes of at least 4 members (excludes halogenated alkanes) is 1. The molecular formula is C22H27F3N3O6S+. The van der Waals surface area contributed by atoms with E-state index in [9.17, 15) is 26.5 Å². The number of fused-ring (bicyclic) bond motifs is 1. The van der Waals surface area contributed by atoms with Crippen LogP contribution >= 0.6 is 0 Å². The highest BCUT2D eigenvalue weighted by atomic mass is 32.2. The van der Waals surface area contributed by atoms with Gasteiger partial charge in [0.25, 0.3) is 4.92 Å². The fourth-order valence-corrected chi connectivity index (χ4v) is 5.18. The molecule has 0 saturated carbocycles. The molecule has 35 heavy (non-hydrogen) atoms. The lowest BCUT2D eigenvalue weighted by Gasteiger charge is -2.29. The number of ether oxygens (including phenoxy) is 2. The van der Waals surface area contributed by atoms with Gasteiger partial charge in [0.15, 0.2) is 16.4 Å². The Bertz CT molecular complexity index is 1190. The molecule has 3 rings (SSSR count). The van der Waals surface area contributed by atoms with Crippen LogP contribution in [0.2, 0.25) is 0 Å². The van der Waals surface area contributed by atoms with Crippen molar-refractivity contribution in [2.45, 2.75) is 36.9 Å². The molecule has 192 valence electrons. The average molecular weight is 519 g/mol. The van der Waals surface area contributed by atoms with Gasteiger partial charge in [-0.3, -0.25) is 4.90 Å². The molecule has 0 radical (unpaired) electrons. The zero-order chi connectivity index (χ0) is 25.8. The van der Waals surface area contributed by atoms with Crippen LogP contribution in [-0.2, 0) is 29.2 Å². The second kappa shape index (κ2) is 10.8. The summed E-state index contributed by atoms with van der Waals surface area (Å²) in [5.41, 5.74) is 0.0674. The molecule has 1 heterocycles. The number of nitrogens with zero attached hydrogens (tertiary/aromatic N) is 2. The summed E-state index contributed by atoms with van der Waals surface area (Å²) in [5, 5.41) is 9.14. The largest absolute Gasteiger partial charge is 0.493 e. The van der Waals surface area contributed by atoms with Crippen molar-refractivity contribution < 1.29 is 41.2 Å². The van der Waals surface area contributed by atoms with Gasteiger partial charge in [-0.15, -0.1) is 0 Å². The molecule has 0 saturated heterocycles. The van der Waals surface area contributed by atoms with Gasteiger partial charge in [0.2, 0.25) is 10.0 Å². The highest BCUT2D eigenvalue weighted by Crippen LogP contribution is 2.35. The van der Waals surface area contributed by atoms with E-state index in [0.29, 0.717) is 55.6 Å². The lowest BCUT2D eigenvalue weighted by atomic mass is 9.98. The van der Waals surface area contributed by atoms with Crippen molar-refractivity contribution in [3.05, 3.63) is 51.9 Å². The van der Waals surface area contributed by atoms with Crippen LogP contribution < -0.4 is 14.2 Å². The van der Waals surface area contributed by atoms with Crippen molar-refractivity contribution in [3.63, 3.8) is 0 Å². The van der Waals surface area contributed by atoms with E-state index in [-0.39, 0.29) is 6.54 Å². The first kappa shape index (κ1) is 26.7. The second-order valence-corrected chi connectivity index (χ2v) is 9.80. The van der Waals surface area contributed by atoms with Crippen molar-refractivity contribution in [2.75, 3.05) is 33.9 Å². The predicted molar refractivity (Wildman–Crippen MR) is 119 cm³/mol. The molecule has 0 unspecified atom stereocenters. The predicted octanol–water partition coefficient (Wildman–Crippen LogP) is 3.64. The van der Waals surface area contributed by atoms with Crippen LogP contribution in [0.15, 0.2) is 35.2 Å². The molecule has 2 N–H and O–H groups in total. The van der Waals surface area contributed by atoms with Crippen molar-refractivity contribution in [1.82, 2.24) is 9.62 Å². The highest BCUT2D eigenvalue weighted by Gasteiger charge is 2.36. The lowest BCUT2D eigenvalue weighted by Crippen LogP contribution is -2.32. The van der Waals surface area contributed by atoms with E-state index >= 15 is 0 Å². The smallest absolute Gasteiger partial charge is 0.416 e. The van der Waals surface area contributed by atoms with Gasteiger partial charge in [0, 0.05) is 25.7 Å². The van der Waals surface area contributed by atoms with Crippen molar-refractivity contribution in [1.29, 1.82) is 0 Å². The fraction of sp³-hybridized carbons (Fsp3) is 0.455. The summed E-state index contributed by atoms with van der Waals surface area (Å²) in [5.74, 6) is 1.34. The third kappa shape index (κ3) is 6.41. The Labute approximate surface area is 201 Å². The van der Waals surface area contributed by atoms with Crippen molar-refractivity contribution in [2.24, 2.45) is 0 Å². The summed E-state index contributed by atoms with van der Waals surface area (Å²) < 4.78 is 76.7. The van der Waals surface area contributed by atoms with Crippen molar-refractivity contribution >= 4 is 15.7 Å². The maximum absolute atomic E-state index is 12.9. The second-order valence-electron chi connectivity index (χ2n) is 8.06. The molecule has 0 aromatic heterocycles. The van der Waals surface area contributed by atoms with Gasteiger partial charge in [0.1, 0.15) is 0 Å². The molecule has 1 aliphatic heterocycles. The quantitative estimate of drug-likeness (QED) is 0.365. The van der Waals surface area contributed by atoms with E-state index in [1.54, 1.807) is 14.2 Å². The zero-order valence-electron chi connectivity index (χ0n) is 19.3. The van der Waals surface area contributed by atoms with Crippen LogP contribution in [0.5, 0.6) is 11.5 Å². The minimum atomic E-state index is -4.80. The van der Waals surface area contributed by atoms with Gasteiger partial charge in [-0.25, -0.2) is 18.3 Å². The Morgan fingerprint density at radius 3 is 2.34 bits per heavy atom. The average Bonchev–Trinajstić information content (AvgIpc) is 2.81.